The summed E-state index contributed by atoms with van der Waals surface area (Å²) in [6.07, 6.45) is 5.69. The number of hydrogen-bond acceptors (Lipinski definition) is 1. The van der Waals surface area contributed by atoms with Crippen LogP contribution in [0.2, 0.25) is 0 Å². The molecule has 0 amide bonds. The maximum Gasteiger partial charge on any atom is 0.136 e. The molecule has 0 bridgehead atoms. The third-order valence-corrected chi connectivity index (χ3v) is 1.30. The van der Waals surface area contributed by atoms with Gasteiger partial charge in [0.15, 0.2) is 0 Å². The van der Waals surface area contributed by atoms with Gasteiger partial charge in [-0.15, -0.1) is 0 Å². The fourth-order valence-electron chi connectivity index (χ4n) is 0.864. The number of pyridine rings is 1. The van der Waals surface area contributed by atoms with E-state index in [0.29, 0.717) is 0 Å². The second-order valence-corrected chi connectivity index (χ2v) is 1.89. The van der Waals surface area contributed by atoms with Crippen LogP contribution in [0.15, 0.2) is 36.8 Å². The van der Waals surface area contributed by atoms with Crippen molar-refractivity contribution in [2.75, 3.05) is 0 Å². The molecule has 0 aliphatic rings. The lowest BCUT2D eigenvalue weighted by molar-refractivity contribution is 1.19. The van der Waals surface area contributed by atoms with E-state index in [2.05, 4.69) is 4.98 Å². The van der Waals surface area contributed by atoms with Crippen molar-refractivity contribution in [1.82, 2.24) is 9.38 Å². The summed E-state index contributed by atoms with van der Waals surface area (Å²) < 4.78 is 1.97. The summed E-state index contributed by atoms with van der Waals surface area (Å²) in [5.74, 6) is 0. The van der Waals surface area contributed by atoms with Crippen LogP contribution in [0.1, 0.15) is 52.0 Å². The first-order chi connectivity index (χ1) is 4.47. The molecule has 0 aliphatic carbocycles. The predicted molar refractivity (Wildman–Crippen MR) is 82.3 cm³/mol. The molecular weight excluding hydrogens is 196 g/mol. The number of nitrogens with zero attached hydrogens (tertiary/aromatic N) is 2. The third kappa shape index (κ3) is 7.04. The monoisotopic (exact) mass is 230 g/mol. The molecule has 0 fully saturated rings. The molecule has 0 saturated heterocycles. The molecule has 0 aliphatic heterocycles. The summed E-state index contributed by atoms with van der Waals surface area (Å²) in [7, 11) is 0. The summed E-state index contributed by atoms with van der Waals surface area (Å²) in [6, 6.07) is 5.93. The fraction of sp³-hybridized carbons (Fsp3) is 0.500. The number of aromatic nitrogens is 2. The van der Waals surface area contributed by atoms with E-state index in [1.807, 2.05) is 35.0 Å². The van der Waals surface area contributed by atoms with Crippen LogP contribution in [0, 0.1) is 0 Å². The maximum absolute atomic E-state index is 4.08. The Morgan fingerprint density at radius 3 is 1.81 bits per heavy atom. The normalized spacial score (nSPS) is 5.75. The Bertz CT molecular complexity index is 283. The number of fused-ring (bicyclic) bond motifs is 1. The Kier molecular flexibility index (Phi) is 36.8. The molecule has 0 saturated carbocycles. The van der Waals surface area contributed by atoms with Crippen LogP contribution in [0.4, 0.5) is 0 Å². The first-order valence-corrected chi connectivity index (χ1v) is 2.84. The summed E-state index contributed by atoms with van der Waals surface area (Å²) in [4.78, 5) is 4.08. The van der Waals surface area contributed by atoms with Crippen LogP contribution in [0.3, 0.4) is 0 Å². The minimum absolute atomic E-state index is 0. The van der Waals surface area contributed by atoms with Crippen molar-refractivity contribution in [3.05, 3.63) is 36.8 Å². The minimum Gasteiger partial charge on any atom is -0.307 e. The molecule has 2 rings (SSSR count). The smallest absolute Gasteiger partial charge is 0.136 e. The van der Waals surface area contributed by atoms with Crippen LogP contribution in [-0.4, -0.2) is 9.38 Å². The molecule has 2 aromatic heterocycles. The van der Waals surface area contributed by atoms with Gasteiger partial charge >= 0.3 is 0 Å². The van der Waals surface area contributed by atoms with Gasteiger partial charge in [0.25, 0.3) is 0 Å². The zero-order valence-corrected chi connectivity index (χ0v) is 4.86. The van der Waals surface area contributed by atoms with E-state index in [0.717, 1.165) is 5.65 Å². The molecule has 2 aromatic rings. The minimum atomic E-state index is 0. The van der Waals surface area contributed by atoms with E-state index >= 15 is 0 Å². The summed E-state index contributed by atoms with van der Waals surface area (Å²) in [6.45, 7) is 0. The highest BCUT2D eigenvalue weighted by Crippen LogP contribution is 1.96. The standard InChI is InChI=1S/C7H6N2.7CH4/c1-2-5-9-6-4-8-7(9)3-1;;;;;;;/h1-6H;7*1H4. The van der Waals surface area contributed by atoms with Crippen LogP contribution in [-0.2, 0) is 0 Å². The molecule has 0 unspecified atom stereocenters. The molecule has 2 heteroatoms. The van der Waals surface area contributed by atoms with E-state index < -0.39 is 0 Å². The van der Waals surface area contributed by atoms with Crippen molar-refractivity contribution in [1.29, 1.82) is 0 Å². The van der Waals surface area contributed by atoms with E-state index in [1.54, 1.807) is 6.20 Å². The Labute approximate surface area is 104 Å². The first kappa shape index (κ1) is 36.5. The topological polar surface area (TPSA) is 17.3 Å². The Balaban J connectivity index is -0.0000000357. The van der Waals surface area contributed by atoms with Crippen LogP contribution < -0.4 is 0 Å². The number of rotatable bonds is 0. The van der Waals surface area contributed by atoms with E-state index in [1.165, 1.54) is 0 Å². The van der Waals surface area contributed by atoms with Crippen LogP contribution in [0.5, 0.6) is 0 Å². The molecule has 0 atom stereocenters. The van der Waals surface area contributed by atoms with Crippen molar-refractivity contribution in [3.8, 4) is 0 Å². The van der Waals surface area contributed by atoms with Gasteiger partial charge in [-0.25, -0.2) is 4.98 Å². The van der Waals surface area contributed by atoms with Crippen LogP contribution in [0.25, 0.3) is 5.65 Å². The van der Waals surface area contributed by atoms with Gasteiger partial charge in [0.1, 0.15) is 5.65 Å². The van der Waals surface area contributed by atoms with Gasteiger partial charge in [0.05, 0.1) is 0 Å². The number of imidazole rings is 1. The van der Waals surface area contributed by atoms with Crippen molar-refractivity contribution < 1.29 is 0 Å². The van der Waals surface area contributed by atoms with E-state index in [9.17, 15) is 0 Å². The van der Waals surface area contributed by atoms with Gasteiger partial charge in [0, 0.05) is 18.6 Å². The Morgan fingerprint density at radius 2 is 1.31 bits per heavy atom. The van der Waals surface area contributed by atoms with Gasteiger partial charge in [-0.3, -0.25) is 0 Å². The van der Waals surface area contributed by atoms with E-state index in [4.69, 9.17) is 0 Å². The van der Waals surface area contributed by atoms with Crippen molar-refractivity contribution in [2.24, 2.45) is 0 Å². The molecule has 2 heterocycles. The van der Waals surface area contributed by atoms with Crippen molar-refractivity contribution in [2.45, 2.75) is 52.0 Å². The summed E-state index contributed by atoms with van der Waals surface area (Å²) in [5.41, 5.74) is 0.998. The van der Waals surface area contributed by atoms with Gasteiger partial charge in [-0.05, 0) is 12.1 Å². The lowest BCUT2D eigenvalue weighted by Gasteiger charge is -1.86. The van der Waals surface area contributed by atoms with Crippen molar-refractivity contribution in [3.63, 3.8) is 0 Å². The lowest BCUT2D eigenvalue weighted by Crippen LogP contribution is -1.77. The second kappa shape index (κ2) is 16.1. The average Bonchev–Trinajstić information content (AvgIpc) is 2.33. The van der Waals surface area contributed by atoms with Crippen molar-refractivity contribution >= 4 is 5.65 Å². The summed E-state index contributed by atoms with van der Waals surface area (Å²) >= 11 is 0. The largest absolute Gasteiger partial charge is 0.307 e. The van der Waals surface area contributed by atoms with E-state index in [-0.39, 0.29) is 52.0 Å². The molecule has 0 N–H and O–H groups in total. The highest BCUT2D eigenvalue weighted by molar-refractivity contribution is 5.36. The SMILES string of the molecule is C.C.C.C.C.C.C.c1ccn2ccnc2c1. The number of hydrogen-bond donors (Lipinski definition) is 0. The van der Waals surface area contributed by atoms with Gasteiger partial charge < -0.3 is 4.40 Å². The average molecular weight is 230 g/mol. The predicted octanol–water partition coefficient (Wildman–Crippen LogP) is 5.79. The molecule has 2 nitrogen and oxygen atoms in total. The third-order valence-electron chi connectivity index (χ3n) is 1.30. The Morgan fingerprint density at radius 1 is 0.750 bits per heavy atom. The van der Waals surface area contributed by atoms with Gasteiger partial charge in [0.2, 0.25) is 0 Å². The van der Waals surface area contributed by atoms with Crippen LogP contribution >= 0.6 is 0 Å². The fourth-order valence-corrected chi connectivity index (χ4v) is 0.864. The zero-order chi connectivity index (χ0) is 6.10. The van der Waals surface area contributed by atoms with Gasteiger partial charge in [-0.2, -0.15) is 0 Å². The summed E-state index contributed by atoms with van der Waals surface area (Å²) in [5, 5.41) is 0. The highest BCUT2D eigenvalue weighted by Gasteiger charge is 1.85. The molecule has 100 valence electrons. The molecule has 0 aromatic carbocycles. The molecule has 0 radical (unpaired) electrons. The molecule has 16 heavy (non-hydrogen) atoms. The highest BCUT2D eigenvalue weighted by atomic mass is 15.0. The maximum atomic E-state index is 4.08. The lowest BCUT2D eigenvalue weighted by atomic mass is 10.5. The second-order valence-electron chi connectivity index (χ2n) is 1.89. The first-order valence-electron chi connectivity index (χ1n) is 2.84. The molecule has 0 spiro atoms. The zero-order valence-electron chi connectivity index (χ0n) is 4.86. The van der Waals surface area contributed by atoms with Gasteiger partial charge in [-0.1, -0.05) is 58.1 Å². The Hall–Kier alpha value is -1.31. The molecular formula is C14H34N2. The quantitative estimate of drug-likeness (QED) is 0.560.